The molecule has 0 aliphatic carbocycles. The van der Waals surface area contributed by atoms with Gasteiger partial charge in [-0.2, -0.15) is 5.26 Å². The quantitative estimate of drug-likeness (QED) is 0.581. The van der Waals surface area contributed by atoms with Gasteiger partial charge < -0.3 is 4.98 Å². The predicted octanol–water partition coefficient (Wildman–Crippen LogP) is 4.01. The van der Waals surface area contributed by atoms with Crippen molar-refractivity contribution in [1.82, 2.24) is 9.97 Å². The van der Waals surface area contributed by atoms with E-state index < -0.39 is 5.56 Å². The van der Waals surface area contributed by atoms with Gasteiger partial charge in [-0.3, -0.25) is 4.79 Å². The molecule has 0 bridgehead atoms. The second-order valence-electron chi connectivity index (χ2n) is 5.31. The molecule has 0 aliphatic heterocycles. The highest BCUT2D eigenvalue weighted by Crippen LogP contribution is 2.28. The van der Waals surface area contributed by atoms with Crippen molar-refractivity contribution in [2.45, 2.75) is 12.1 Å². The third kappa shape index (κ3) is 2.97. The molecule has 0 spiro atoms. The normalized spacial score (nSPS) is 10.4. The van der Waals surface area contributed by atoms with Gasteiger partial charge in [0.25, 0.3) is 5.56 Å². The van der Waals surface area contributed by atoms with E-state index in [-0.39, 0.29) is 5.56 Å². The van der Waals surface area contributed by atoms with Gasteiger partial charge in [-0.25, -0.2) is 4.98 Å². The van der Waals surface area contributed by atoms with Crippen LogP contribution in [-0.4, -0.2) is 16.2 Å². The van der Waals surface area contributed by atoms with E-state index in [1.165, 1.54) is 17.3 Å². The Morgan fingerprint density at radius 2 is 1.88 bits per heavy atom. The van der Waals surface area contributed by atoms with Crippen LogP contribution in [0.1, 0.15) is 11.1 Å². The third-order valence-corrected chi connectivity index (χ3v) is 4.37. The summed E-state index contributed by atoms with van der Waals surface area (Å²) in [5, 5.41) is 9.83. The third-order valence-electron chi connectivity index (χ3n) is 3.79. The molecule has 4 nitrogen and oxygen atoms in total. The Bertz CT molecular complexity index is 1000. The fourth-order valence-corrected chi connectivity index (χ4v) is 2.97. The highest BCUT2D eigenvalue weighted by atomic mass is 32.2. The van der Waals surface area contributed by atoms with E-state index >= 15 is 0 Å². The number of thioether (sulfide) groups is 1. The molecule has 0 atom stereocenters. The predicted molar refractivity (Wildman–Crippen MR) is 97.0 cm³/mol. The van der Waals surface area contributed by atoms with Gasteiger partial charge in [0.2, 0.25) is 0 Å². The van der Waals surface area contributed by atoms with Crippen LogP contribution in [0.25, 0.3) is 22.4 Å². The molecule has 3 rings (SSSR count). The summed E-state index contributed by atoms with van der Waals surface area (Å²) in [6.45, 7) is 2.06. The average molecular weight is 333 g/mol. The number of nitrogens with one attached hydrogen (secondary N) is 1. The molecular weight excluding hydrogens is 318 g/mol. The minimum absolute atomic E-state index is 0.0368. The standard InChI is InChI=1S/C19H15N3OS/c1-12-6-3-4-9-15(12)13-7-5-8-14(10-13)17-16(11-20)18(23)22-19(21-17)24-2/h3-10H,1-2H3,(H,21,22,23). The molecule has 1 heterocycles. The van der Waals surface area contributed by atoms with Gasteiger partial charge in [-0.15, -0.1) is 0 Å². The van der Waals surface area contributed by atoms with Gasteiger partial charge in [0.05, 0.1) is 5.69 Å². The van der Waals surface area contributed by atoms with Crippen molar-refractivity contribution in [3.05, 3.63) is 70.0 Å². The molecule has 1 N–H and O–H groups in total. The van der Waals surface area contributed by atoms with Crippen molar-refractivity contribution in [2.75, 3.05) is 6.26 Å². The number of rotatable bonds is 3. The van der Waals surface area contributed by atoms with E-state index in [0.29, 0.717) is 10.9 Å². The largest absolute Gasteiger partial charge is 0.300 e. The van der Waals surface area contributed by atoms with Gasteiger partial charge in [-0.05, 0) is 35.9 Å². The van der Waals surface area contributed by atoms with E-state index in [1.54, 1.807) is 0 Å². The maximum absolute atomic E-state index is 12.1. The van der Waals surface area contributed by atoms with Crippen LogP contribution in [0.3, 0.4) is 0 Å². The summed E-state index contributed by atoms with van der Waals surface area (Å²) < 4.78 is 0. The van der Waals surface area contributed by atoms with Crippen LogP contribution in [0.15, 0.2) is 58.5 Å². The summed E-state index contributed by atoms with van der Waals surface area (Å²) in [6, 6.07) is 17.8. The van der Waals surface area contributed by atoms with Crippen LogP contribution in [-0.2, 0) is 0 Å². The molecule has 0 fully saturated rings. The number of aromatic nitrogens is 2. The van der Waals surface area contributed by atoms with Crippen LogP contribution in [0.2, 0.25) is 0 Å². The van der Waals surface area contributed by atoms with Crippen LogP contribution < -0.4 is 5.56 Å². The molecular formula is C19H15N3OS. The van der Waals surface area contributed by atoms with E-state index in [9.17, 15) is 10.1 Å². The first kappa shape index (κ1) is 16.0. The van der Waals surface area contributed by atoms with Crippen LogP contribution in [0.4, 0.5) is 0 Å². The number of benzene rings is 2. The first-order chi connectivity index (χ1) is 11.6. The number of aromatic amines is 1. The van der Waals surface area contributed by atoms with Crippen LogP contribution in [0, 0.1) is 18.3 Å². The number of hydrogen-bond donors (Lipinski definition) is 1. The lowest BCUT2D eigenvalue weighted by Crippen LogP contribution is -2.14. The summed E-state index contributed by atoms with van der Waals surface area (Å²) in [4.78, 5) is 19.2. The minimum Gasteiger partial charge on any atom is -0.300 e. The minimum atomic E-state index is -0.409. The maximum Gasteiger partial charge on any atom is 0.270 e. The molecule has 118 valence electrons. The van der Waals surface area contributed by atoms with Crippen molar-refractivity contribution in [2.24, 2.45) is 0 Å². The molecule has 0 saturated carbocycles. The highest BCUT2D eigenvalue weighted by Gasteiger charge is 2.14. The van der Waals surface area contributed by atoms with Crippen LogP contribution in [0.5, 0.6) is 0 Å². The van der Waals surface area contributed by atoms with Gasteiger partial charge in [0, 0.05) is 5.56 Å². The lowest BCUT2D eigenvalue weighted by atomic mass is 9.97. The van der Waals surface area contributed by atoms with E-state index in [0.717, 1.165) is 16.7 Å². The molecule has 0 radical (unpaired) electrons. The zero-order valence-electron chi connectivity index (χ0n) is 13.3. The Morgan fingerprint density at radius 3 is 2.58 bits per heavy atom. The summed E-state index contributed by atoms with van der Waals surface area (Å²) in [5.41, 5.74) is 4.12. The molecule has 0 aliphatic rings. The number of nitriles is 1. The molecule has 24 heavy (non-hydrogen) atoms. The summed E-state index contributed by atoms with van der Waals surface area (Å²) >= 11 is 1.34. The number of aryl methyl sites for hydroxylation is 1. The van der Waals surface area contributed by atoms with E-state index in [2.05, 4.69) is 29.0 Å². The molecule has 3 aromatic rings. The van der Waals surface area contributed by atoms with Gasteiger partial charge >= 0.3 is 0 Å². The van der Waals surface area contributed by atoms with Crippen molar-refractivity contribution in [1.29, 1.82) is 5.26 Å². The highest BCUT2D eigenvalue weighted by molar-refractivity contribution is 7.98. The van der Waals surface area contributed by atoms with Crippen molar-refractivity contribution < 1.29 is 0 Å². The summed E-state index contributed by atoms with van der Waals surface area (Å²) in [7, 11) is 0. The first-order valence-electron chi connectivity index (χ1n) is 7.39. The van der Waals surface area contributed by atoms with Crippen LogP contribution >= 0.6 is 11.8 Å². The molecule has 2 aromatic carbocycles. The Labute approximate surface area is 144 Å². The smallest absolute Gasteiger partial charge is 0.270 e. The Morgan fingerprint density at radius 1 is 1.12 bits per heavy atom. The zero-order valence-corrected chi connectivity index (χ0v) is 14.1. The van der Waals surface area contributed by atoms with Gasteiger partial charge in [0.1, 0.15) is 11.6 Å². The maximum atomic E-state index is 12.1. The number of H-pyrrole nitrogens is 1. The van der Waals surface area contributed by atoms with Gasteiger partial charge in [-0.1, -0.05) is 54.2 Å². The second-order valence-corrected chi connectivity index (χ2v) is 6.10. The molecule has 0 amide bonds. The lowest BCUT2D eigenvalue weighted by molar-refractivity contribution is 0.938. The summed E-state index contributed by atoms with van der Waals surface area (Å²) in [5.74, 6) is 0. The second kappa shape index (κ2) is 6.73. The van der Waals surface area contributed by atoms with E-state index in [1.807, 2.05) is 48.7 Å². The fraction of sp³-hybridized carbons (Fsp3) is 0.105. The SMILES string of the molecule is CSc1nc(-c2cccc(-c3ccccc3C)c2)c(C#N)c(=O)[nH]1. The summed E-state index contributed by atoms with van der Waals surface area (Å²) in [6.07, 6.45) is 1.83. The van der Waals surface area contributed by atoms with Crippen molar-refractivity contribution >= 4 is 11.8 Å². The zero-order chi connectivity index (χ0) is 17.1. The monoisotopic (exact) mass is 333 g/mol. The Hall–Kier alpha value is -2.84. The average Bonchev–Trinajstić information content (AvgIpc) is 2.61. The molecule has 0 unspecified atom stereocenters. The molecule has 5 heteroatoms. The van der Waals surface area contributed by atoms with E-state index in [4.69, 9.17) is 0 Å². The Balaban J connectivity index is 2.21. The van der Waals surface area contributed by atoms with Gasteiger partial charge in [0.15, 0.2) is 5.16 Å². The Kier molecular flexibility index (Phi) is 4.50. The van der Waals surface area contributed by atoms with Crippen molar-refractivity contribution in [3.63, 3.8) is 0 Å². The molecule has 1 aromatic heterocycles. The topological polar surface area (TPSA) is 69.5 Å². The molecule has 0 saturated heterocycles. The van der Waals surface area contributed by atoms with Crippen molar-refractivity contribution in [3.8, 4) is 28.5 Å². The first-order valence-corrected chi connectivity index (χ1v) is 8.61. The number of nitrogens with zero attached hydrogens (tertiary/aromatic N) is 2. The fourth-order valence-electron chi connectivity index (χ4n) is 2.59. The lowest BCUT2D eigenvalue weighted by Gasteiger charge is -2.09. The number of hydrogen-bond acceptors (Lipinski definition) is 4.